The van der Waals surface area contributed by atoms with E-state index in [-0.39, 0.29) is 17.0 Å². The van der Waals surface area contributed by atoms with Gasteiger partial charge in [0.1, 0.15) is 11.2 Å². The van der Waals surface area contributed by atoms with Gasteiger partial charge in [-0.1, -0.05) is 0 Å². The van der Waals surface area contributed by atoms with Crippen molar-refractivity contribution in [3.63, 3.8) is 0 Å². The van der Waals surface area contributed by atoms with Crippen molar-refractivity contribution in [1.82, 2.24) is 28.9 Å². The van der Waals surface area contributed by atoms with Crippen molar-refractivity contribution in [3.05, 3.63) is 24.5 Å². The third-order valence-corrected chi connectivity index (χ3v) is 5.82. The molecule has 120 valence electrons. The predicted octanol–water partition coefficient (Wildman–Crippen LogP) is 1.12. The zero-order valence-electron chi connectivity index (χ0n) is 12.9. The molecule has 0 aromatic carbocycles. The first-order chi connectivity index (χ1) is 10.4. The SMILES string of the molecule is CC(C)n1cc(S(=O)(=O)N2CCC[C@@H]2c2nncn2C)cn1. The van der Waals surface area contributed by atoms with Crippen molar-refractivity contribution in [1.29, 1.82) is 0 Å². The molecule has 0 unspecified atom stereocenters. The Kier molecular flexibility index (Phi) is 3.77. The second-order valence-corrected chi connectivity index (χ2v) is 7.71. The zero-order chi connectivity index (χ0) is 15.9. The fraction of sp³-hybridized carbons (Fsp3) is 0.615. The van der Waals surface area contributed by atoms with Gasteiger partial charge in [0.15, 0.2) is 5.82 Å². The molecule has 3 heterocycles. The van der Waals surface area contributed by atoms with Gasteiger partial charge in [-0.2, -0.15) is 9.40 Å². The summed E-state index contributed by atoms with van der Waals surface area (Å²) in [5.41, 5.74) is 0. The summed E-state index contributed by atoms with van der Waals surface area (Å²) in [4.78, 5) is 0.232. The van der Waals surface area contributed by atoms with Gasteiger partial charge in [0.25, 0.3) is 0 Å². The predicted molar refractivity (Wildman–Crippen MR) is 79.5 cm³/mol. The largest absolute Gasteiger partial charge is 0.319 e. The number of rotatable bonds is 4. The molecule has 22 heavy (non-hydrogen) atoms. The molecule has 2 aromatic rings. The van der Waals surface area contributed by atoms with Gasteiger partial charge in [0.05, 0.1) is 12.2 Å². The van der Waals surface area contributed by atoms with Crippen LogP contribution in [-0.4, -0.2) is 43.8 Å². The lowest BCUT2D eigenvalue weighted by molar-refractivity contribution is 0.376. The smallest absolute Gasteiger partial charge is 0.246 e. The summed E-state index contributed by atoms with van der Waals surface area (Å²) in [7, 11) is -1.75. The van der Waals surface area contributed by atoms with E-state index in [9.17, 15) is 8.42 Å². The van der Waals surface area contributed by atoms with Crippen LogP contribution in [0.1, 0.15) is 44.6 Å². The van der Waals surface area contributed by atoms with Crippen LogP contribution in [0.5, 0.6) is 0 Å². The molecule has 0 N–H and O–H groups in total. The van der Waals surface area contributed by atoms with Crippen LogP contribution in [0.3, 0.4) is 0 Å². The first-order valence-corrected chi connectivity index (χ1v) is 8.75. The van der Waals surface area contributed by atoms with Gasteiger partial charge < -0.3 is 4.57 Å². The number of aromatic nitrogens is 5. The Labute approximate surface area is 129 Å². The van der Waals surface area contributed by atoms with Crippen molar-refractivity contribution >= 4 is 10.0 Å². The lowest BCUT2D eigenvalue weighted by atomic mass is 10.2. The average Bonchev–Trinajstić information content (AvgIpc) is 3.18. The van der Waals surface area contributed by atoms with Crippen LogP contribution < -0.4 is 0 Å². The Bertz CT molecular complexity index is 763. The Morgan fingerprint density at radius 3 is 2.73 bits per heavy atom. The van der Waals surface area contributed by atoms with Gasteiger partial charge in [-0.3, -0.25) is 4.68 Å². The normalized spacial score (nSPS) is 20.1. The van der Waals surface area contributed by atoms with E-state index in [1.807, 2.05) is 20.9 Å². The highest BCUT2D eigenvalue weighted by atomic mass is 32.2. The standard InChI is InChI=1S/C13H20N6O2S/c1-10(2)18-8-11(7-15-18)22(20,21)19-6-4-5-12(19)13-16-14-9-17(13)3/h7-10,12H,4-6H2,1-3H3/t12-/m1/s1. The van der Waals surface area contributed by atoms with E-state index in [0.29, 0.717) is 12.4 Å². The maximum Gasteiger partial charge on any atom is 0.246 e. The maximum absolute atomic E-state index is 12.9. The first kappa shape index (κ1) is 15.2. The maximum atomic E-state index is 12.9. The van der Waals surface area contributed by atoms with Crippen LogP contribution in [0, 0.1) is 0 Å². The summed E-state index contributed by atoms with van der Waals surface area (Å²) in [5.74, 6) is 0.678. The number of nitrogens with zero attached hydrogens (tertiary/aromatic N) is 6. The molecule has 0 saturated carbocycles. The van der Waals surface area contributed by atoms with E-state index in [1.165, 1.54) is 10.5 Å². The van der Waals surface area contributed by atoms with Crippen LogP contribution in [-0.2, 0) is 17.1 Å². The molecule has 8 nitrogen and oxygen atoms in total. The van der Waals surface area contributed by atoms with Crippen molar-refractivity contribution in [3.8, 4) is 0 Å². The Hall–Kier alpha value is -1.74. The van der Waals surface area contributed by atoms with Gasteiger partial charge in [0.2, 0.25) is 10.0 Å². The minimum Gasteiger partial charge on any atom is -0.319 e. The van der Waals surface area contributed by atoms with E-state index in [4.69, 9.17) is 0 Å². The molecular weight excluding hydrogens is 304 g/mol. The quantitative estimate of drug-likeness (QED) is 0.841. The van der Waals surface area contributed by atoms with E-state index < -0.39 is 10.0 Å². The van der Waals surface area contributed by atoms with E-state index in [0.717, 1.165) is 12.8 Å². The lowest BCUT2D eigenvalue weighted by Gasteiger charge is -2.22. The molecule has 0 amide bonds. The number of aryl methyl sites for hydroxylation is 1. The Morgan fingerprint density at radius 2 is 2.14 bits per heavy atom. The molecule has 1 aliphatic heterocycles. The van der Waals surface area contributed by atoms with Crippen molar-refractivity contribution < 1.29 is 8.42 Å². The van der Waals surface area contributed by atoms with E-state index in [2.05, 4.69) is 15.3 Å². The minimum atomic E-state index is -3.57. The fourth-order valence-corrected chi connectivity index (χ4v) is 4.35. The van der Waals surface area contributed by atoms with Crippen LogP contribution in [0.25, 0.3) is 0 Å². The highest BCUT2D eigenvalue weighted by Gasteiger charge is 2.39. The molecule has 0 bridgehead atoms. The molecule has 3 rings (SSSR count). The minimum absolute atomic E-state index is 0.122. The third kappa shape index (κ3) is 2.44. The number of sulfonamides is 1. The third-order valence-electron chi connectivity index (χ3n) is 3.96. The molecule has 1 fully saturated rings. The Balaban J connectivity index is 1.95. The zero-order valence-corrected chi connectivity index (χ0v) is 13.7. The second-order valence-electron chi connectivity index (χ2n) is 5.82. The summed E-state index contributed by atoms with van der Waals surface area (Å²) in [6, 6.07) is -0.142. The lowest BCUT2D eigenvalue weighted by Crippen LogP contribution is -2.31. The number of hydrogen-bond acceptors (Lipinski definition) is 5. The molecule has 0 radical (unpaired) electrons. The molecule has 1 saturated heterocycles. The molecule has 1 aliphatic rings. The van der Waals surface area contributed by atoms with Gasteiger partial charge >= 0.3 is 0 Å². The van der Waals surface area contributed by atoms with E-state index in [1.54, 1.807) is 21.8 Å². The monoisotopic (exact) mass is 324 g/mol. The highest BCUT2D eigenvalue weighted by Crippen LogP contribution is 2.35. The number of hydrogen-bond donors (Lipinski definition) is 0. The molecule has 9 heteroatoms. The van der Waals surface area contributed by atoms with Crippen LogP contribution in [0.2, 0.25) is 0 Å². The summed E-state index contributed by atoms with van der Waals surface area (Å²) in [6.07, 6.45) is 6.17. The summed E-state index contributed by atoms with van der Waals surface area (Å²) >= 11 is 0. The van der Waals surface area contributed by atoms with Crippen LogP contribution >= 0.6 is 0 Å². The fourth-order valence-electron chi connectivity index (χ4n) is 2.75. The molecule has 0 aliphatic carbocycles. The van der Waals surface area contributed by atoms with Gasteiger partial charge in [-0.05, 0) is 26.7 Å². The van der Waals surface area contributed by atoms with Gasteiger partial charge in [0, 0.05) is 25.8 Å². The summed E-state index contributed by atoms with van der Waals surface area (Å²) < 4.78 is 30.7. The highest BCUT2D eigenvalue weighted by molar-refractivity contribution is 7.89. The molecule has 1 atom stereocenters. The summed E-state index contributed by atoms with van der Waals surface area (Å²) in [6.45, 7) is 4.41. The second kappa shape index (κ2) is 5.47. The van der Waals surface area contributed by atoms with Gasteiger partial charge in [-0.25, -0.2) is 8.42 Å². The molecule has 0 spiro atoms. The van der Waals surface area contributed by atoms with Crippen molar-refractivity contribution in [2.45, 2.75) is 43.7 Å². The van der Waals surface area contributed by atoms with Crippen LogP contribution in [0.4, 0.5) is 0 Å². The average molecular weight is 324 g/mol. The van der Waals surface area contributed by atoms with Crippen LogP contribution in [0.15, 0.2) is 23.6 Å². The van der Waals surface area contributed by atoms with Gasteiger partial charge in [-0.15, -0.1) is 10.2 Å². The summed E-state index contributed by atoms with van der Waals surface area (Å²) in [5, 5.41) is 12.1. The topological polar surface area (TPSA) is 85.9 Å². The van der Waals surface area contributed by atoms with Crippen molar-refractivity contribution in [2.24, 2.45) is 7.05 Å². The first-order valence-electron chi connectivity index (χ1n) is 7.31. The molecular formula is C13H20N6O2S. The van der Waals surface area contributed by atoms with Crippen molar-refractivity contribution in [2.75, 3.05) is 6.54 Å². The Morgan fingerprint density at radius 1 is 1.36 bits per heavy atom. The van der Waals surface area contributed by atoms with E-state index >= 15 is 0 Å². The molecule has 2 aromatic heterocycles.